The number of benzene rings is 1. The molecule has 1 saturated heterocycles. The van der Waals surface area contributed by atoms with Gasteiger partial charge in [0.15, 0.2) is 0 Å². The average molecular weight is 290 g/mol. The van der Waals surface area contributed by atoms with Gasteiger partial charge in [-0.15, -0.1) is 0 Å². The number of hydrogen-bond acceptors (Lipinski definition) is 3. The van der Waals surface area contributed by atoms with Crippen LogP contribution in [0.3, 0.4) is 0 Å². The van der Waals surface area contributed by atoms with E-state index >= 15 is 0 Å². The predicted octanol–water partition coefficient (Wildman–Crippen LogP) is 1.77. The molecule has 0 spiro atoms. The molecule has 1 aliphatic heterocycles. The Morgan fingerprint density at radius 2 is 2.00 bits per heavy atom. The summed E-state index contributed by atoms with van der Waals surface area (Å²) >= 11 is 0. The summed E-state index contributed by atoms with van der Waals surface area (Å²) in [6, 6.07) is 8.50. The molecule has 0 aromatic heterocycles. The van der Waals surface area contributed by atoms with Crippen molar-refractivity contribution in [3.8, 4) is 0 Å². The molecule has 0 aliphatic carbocycles. The molecule has 1 aromatic rings. The van der Waals surface area contributed by atoms with Gasteiger partial charge in [0.25, 0.3) is 0 Å². The van der Waals surface area contributed by atoms with Crippen molar-refractivity contribution in [3.05, 3.63) is 35.4 Å². The largest absolute Gasteiger partial charge is 0.381 e. The standard InChI is InChI=1S/C17H26N2O2/c1-14-5-3-4-6-15(14)17(8-11-21-12-9-17)13-19-16(20)7-10-18-2/h3-6,18H,7-13H2,1-2H3,(H,19,20). The van der Waals surface area contributed by atoms with E-state index in [1.54, 1.807) is 0 Å². The molecule has 1 aromatic carbocycles. The number of ether oxygens (including phenoxy) is 1. The highest BCUT2D eigenvalue weighted by atomic mass is 16.5. The van der Waals surface area contributed by atoms with Gasteiger partial charge in [-0.1, -0.05) is 24.3 Å². The topological polar surface area (TPSA) is 50.4 Å². The third-order valence-corrected chi connectivity index (χ3v) is 4.39. The smallest absolute Gasteiger partial charge is 0.221 e. The zero-order chi connectivity index (χ0) is 15.1. The molecule has 116 valence electrons. The number of amides is 1. The Kier molecular flexibility index (Phi) is 5.76. The third-order valence-electron chi connectivity index (χ3n) is 4.39. The van der Waals surface area contributed by atoms with Gasteiger partial charge >= 0.3 is 0 Å². The Morgan fingerprint density at radius 3 is 2.67 bits per heavy atom. The molecule has 1 aliphatic rings. The lowest BCUT2D eigenvalue weighted by atomic mass is 9.72. The predicted molar refractivity (Wildman–Crippen MR) is 84.5 cm³/mol. The Bertz CT molecular complexity index is 468. The molecule has 21 heavy (non-hydrogen) atoms. The monoisotopic (exact) mass is 290 g/mol. The number of aryl methyl sites for hydroxylation is 1. The first-order valence-corrected chi connectivity index (χ1v) is 7.73. The quantitative estimate of drug-likeness (QED) is 0.839. The van der Waals surface area contributed by atoms with Gasteiger partial charge in [-0.3, -0.25) is 4.79 Å². The van der Waals surface area contributed by atoms with E-state index in [1.807, 2.05) is 7.05 Å². The zero-order valence-corrected chi connectivity index (χ0v) is 13.1. The van der Waals surface area contributed by atoms with Gasteiger partial charge in [0.2, 0.25) is 5.91 Å². The van der Waals surface area contributed by atoms with Crippen LogP contribution in [0.2, 0.25) is 0 Å². The summed E-state index contributed by atoms with van der Waals surface area (Å²) in [6.07, 6.45) is 2.45. The fourth-order valence-electron chi connectivity index (χ4n) is 3.07. The first-order valence-electron chi connectivity index (χ1n) is 7.73. The lowest BCUT2D eigenvalue weighted by Crippen LogP contribution is -2.45. The summed E-state index contributed by atoms with van der Waals surface area (Å²) < 4.78 is 5.54. The maximum atomic E-state index is 11.9. The molecule has 4 heteroatoms. The average Bonchev–Trinajstić information content (AvgIpc) is 2.52. The van der Waals surface area contributed by atoms with Crippen molar-refractivity contribution in [2.75, 3.05) is 33.4 Å². The van der Waals surface area contributed by atoms with Gasteiger partial charge < -0.3 is 15.4 Å². The van der Waals surface area contributed by atoms with E-state index in [1.165, 1.54) is 11.1 Å². The number of nitrogens with one attached hydrogen (secondary N) is 2. The van der Waals surface area contributed by atoms with Crippen molar-refractivity contribution in [3.63, 3.8) is 0 Å². The molecule has 0 bridgehead atoms. The SMILES string of the molecule is CNCCC(=O)NCC1(c2ccccc2C)CCOCC1. The summed E-state index contributed by atoms with van der Waals surface area (Å²) in [7, 11) is 1.86. The maximum absolute atomic E-state index is 11.9. The second-order valence-electron chi connectivity index (χ2n) is 5.84. The van der Waals surface area contributed by atoms with Crippen molar-refractivity contribution >= 4 is 5.91 Å². The number of rotatable bonds is 6. The molecule has 0 unspecified atom stereocenters. The van der Waals surface area contributed by atoms with Crippen molar-refractivity contribution in [2.24, 2.45) is 0 Å². The van der Waals surface area contributed by atoms with Gasteiger partial charge in [-0.25, -0.2) is 0 Å². The third kappa shape index (κ3) is 4.05. The fraction of sp³-hybridized carbons (Fsp3) is 0.588. The number of hydrogen-bond donors (Lipinski definition) is 2. The summed E-state index contributed by atoms with van der Waals surface area (Å²) in [4.78, 5) is 11.9. The van der Waals surface area contributed by atoms with Crippen LogP contribution in [0, 0.1) is 6.92 Å². The first-order chi connectivity index (χ1) is 10.2. The van der Waals surface area contributed by atoms with E-state index in [0.717, 1.165) is 26.1 Å². The van der Waals surface area contributed by atoms with Crippen molar-refractivity contribution in [2.45, 2.75) is 31.6 Å². The Balaban J connectivity index is 2.11. The zero-order valence-electron chi connectivity index (χ0n) is 13.1. The first kappa shape index (κ1) is 16.0. The van der Waals surface area contributed by atoms with E-state index in [-0.39, 0.29) is 11.3 Å². The lowest BCUT2D eigenvalue weighted by Gasteiger charge is -2.39. The Labute approximate surface area is 127 Å². The minimum atomic E-state index is 0.0128. The van der Waals surface area contributed by atoms with Gasteiger partial charge in [0.05, 0.1) is 0 Å². The van der Waals surface area contributed by atoms with E-state index < -0.39 is 0 Å². The van der Waals surface area contributed by atoms with Gasteiger partial charge in [0, 0.05) is 38.1 Å². The summed E-state index contributed by atoms with van der Waals surface area (Å²) in [5.41, 5.74) is 2.66. The van der Waals surface area contributed by atoms with Crippen LogP contribution in [0.1, 0.15) is 30.4 Å². The van der Waals surface area contributed by atoms with Crippen LogP contribution in [0.25, 0.3) is 0 Å². The molecule has 2 N–H and O–H groups in total. The normalized spacial score (nSPS) is 17.4. The highest BCUT2D eigenvalue weighted by Gasteiger charge is 2.35. The van der Waals surface area contributed by atoms with Crippen LogP contribution in [-0.2, 0) is 14.9 Å². The number of carbonyl (C=O) groups excluding carboxylic acids is 1. The molecular formula is C17H26N2O2. The summed E-state index contributed by atoms with van der Waals surface area (Å²) in [5.74, 6) is 0.115. The molecule has 1 heterocycles. The lowest BCUT2D eigenvalue weighted by molar-refractivity contribution is -0.121. The number of carbonyl (C=O) groups is 1. The van der Waals surface area contributed by atoms with E-state index in [9.17, 15) is 4.79 Å². The second kappa shape index (κ2) is 7.57. The molecule has 0 atom stereocenters. The van der Waals surface area contributed by atoms with Gasteiger partial charge in [-0.2, -0.15) is 0 Å². The summed E-state index contributed by atoms with van der Waals surface area (Å²) in [6.45, 7) is 5.09. The molecule has 0 radical (unpaired) electrons. The fourth-order valence-corrected chi connectivity index (χ4v) is 3.07. The second-order valence-corrected chi connectivity index (χ2v) is 5.84. The van der Waals surface area contributed by atoms with E-state index in [2.05, 4.69) is 41.8 Å². The minimum Gasteiger partial charge on any atom is -0.381 e. The van der Waals surface area contributed by atoms with Crippen LogP contribution >= 0.6 is 0 Å². The molecule has 1 amide bonds. The molecule has 0 saturated carbocycles. The van der Waals surface area contributed by atoms with Gasteiger partial charge in [-0.05, 0) is 37.9 Å². The highest BCUT2D eigenvalue weighted by molar-refractivity contribution is 5.76. The van der Waals surface area contributed by atoms with Crippen LogP contribution in [0.4, 0.5) is 0 Å². The van der Waals surface area contributed by atoms with E-state index in [0.29, 0.717) is 19.5 Å². The molecular weight excluding hydrogens is 264 g/mol. The molecule has 4 nitrogen and oxygen atoms in total. The minimum absolute atomic E-state index is 0.0128. The van der Waals surface area contributed by atoms with Crippen LogP contribution in [0.5, 0.6) is 0 Å². The van der Waals surface area contributed by atoms with Gasteiger partial charge in [0.1, 0.15) is 0 Å². The Morgan fingerprint density at radius 1 is 1.29 bits per heavy atom. The molecule has 2 rings (SSSR count). The van der Waals surface area contributed by atoms with E-state index in [4.69, 9.17) is 4.74 Å². The van der Waals surface area contributed by atoms with Crippen molar-refractivity contribution in [1.29, 1.82) is 0 Å². The summed E-state index contributed by atoms with van der Waals surface area (Å²) in [5, 5.41) is 6.13. The van der Waals surface area contributed by atoms with Crippen molar-refractivity contribution < 1.29 is 9.53 Å². The van der Waals surface area contributed by atoms with Crippen LogP contribution in [-0.4, -0.2) is 39.3 Å². The Hall–Kier alpha value is -1.39. The molecule has 1 fully saturated rings. The highest BCUT2D eigenvalue weighted by Crippen LogP contribution is 2.36. The van der Waals surface area contributed by atoms with Crippen LogP contribution < -0.4 is 10.6 Å². The van der Waals surface area contributed by atoms with Crippen molar-refractivity contribution in [1.82, 2.24) is 10.6 Å². The van der Waals surface area contributed by atoms with Crippen LogP contribution in [0.15, 0.2) is 24.3 Å². The maximum Gasteiger partial charge on any atom is 0.221 e.